The summed E-state index contributed by atoms with van der Waals surface area (Å²) in [7, 11) is 0. The Bertz CT molecular complexity index is 411. The maximum absolute atomic E-state index is 12.4. The van der Waals surface area contributed by atoms with Crippen LogP contribution in [-0.4, -0.2) is 51.6 Å². The highest BCUT2D eigenvalue weighted by Gasteiger charge is 2.45. The van der Waals surface area contributed by atoms with Crippen molar-refractivity contribution in [1.29, 1.82) is 0 Å². The molecule has 4 N–H and O–H groups in total. The first-order chi connectivity index (χ1) is 8.91. The van der Waals surface area contributed by atoms with Crippen LogP contribution in [0.3, 0.4) is 0 Å². The number of aliphatic hydroxyl groups is 1. The summed E-state index contributed by atoms with van der Waals surface area (Å²) in [6.45, 7) is 0.0509. The Hall–Kier alpha value is -1.63. The first kappa shape index (κ1) is 13.8. The summed E-state index contributed by atoms with van der Waals surface area (Å²) in [6.07, 6.45) is 1.03. The molecule has 1 saturated heterocycles. The van der Waals surface area contributed by atoms with E-state index in [0.29, 0.717) is 19.3 Å². The summed E-state index contributed by atoms with van der Waals surface area (Å²) in [5.74, 6) is -3.31. The minimum Gasteiger partial charge on any atom is -0.481 e. The van der Waals surface area contributed by atoms with Crippen molar-refractivity contribution in [3.8, 4) is 0 Å². The van der Waals surface area contributed by atoms with E-state index in [1.54, 1.807) is 0 Å². The van der Waals surface area contributed by atoms with E-state index in [0.717, 1.165) is 0 Å². The number of hydrogen-bond donors (Lipinski definition) is 3. The van der Waals surface area contributed by atoms with Gasteiger partial charge in [-0.3, -0.25) is 14.4 Å². The monoisotopic (exact) mass is 270 g/mol. The first-order valence-corrected chi connectivity index (χ1v) is 6.42. The van der Waals surface area contributed by atoms with Crippen LogP contribution < -0.4 is 5.73 Å². The van der Waals surface area contributed by atoms with Gasteiger partial charge in [-0.05, 0) is 12.8 Å². The molecule has 4 atom stereocenters. The molecule has 1 saturated carbocycles. The fourth-order valence-corrected chi connectivity index (χ4v) is 3.09. The number of aliphatic carboxylic acids is 1. The van der Waals surface area contributed by atoms with E-state index < -0.39 is 35.9 Å². The predicted octanol–water partition coefficient (Wildman–Crippen LogP) is -1.07. The van der Waals surface area contributed by atoms with E-state index in [-0.39, 0.29) is 18.9 Å². The van der Waals surface area contributed by atoms with Crippen molar-refractivity contribution in [2.24, 2.45) is 17.6 Å². The average Bonchev–Trinajstić information content (AvgIpc) is 2.93. The van der Waals surface area contributed by atoms with E-state index in [2.05, 4.69) is 0 Å². The highest BCUT2D eigenvalue weighted by molar-refractivity contribution is 5.90. The molecule has 106 valence electrons. The van der Waals surface area contributed by atoms with Crippen LogP contribution in [0.1, 0.15) is 25.7 Å². The molecule has 0 aromatic heterocycles. The van der Waals surface area contributed by atoms with Gasteiger partial charge in [-0.1, -0.05) is 6.42 Å². The fraction of sp³-hybridized carbons (Fsp3) is 0.750. The SMILES string of the molecule is NC(=O)C1CC(O)CN1C(=O)C1CCCC1C(=O)O. The second-order valence-corrected chi connectivity index (χ2v) is 5.28. The minimum atomic E-state index is -0.980. The van der Waals surface area contributed by atoms with Gasteiger partial charge in [-0.2, -0.15) is 0 Å². The predicted molar refractivity (Wildman–Crippen MR) is 63.8 cm³/mol. The van der Waals surface area contributed by atoms with Crippen LogP contribution in [0.5, 0.6) is 0 Å². The summed E-state index contributed by atoms with van der Waals surface area (Å²) in [6, 6.07) is -0.822. The zero-order valence-corrected chi connectivity index (χ0v) is 10.5. The zero-order chi connectivity index (χ0) is 14.2. The topological polar surface area (TPSA) is 121 Å². The van der Waals surface area contributed by atoms with Crippen LogP contribution in [0.4, 0.5) is 0 Å². The van der Waals surface area contributed by atoms with E-state index in [4.69, 9.17) is 10.8 Å². The second kappa shape index (κ2) is 5.16. The van der Waals surface area contributed by atoms with Gasteiger partial charge in [0.2, 0.25) is 11.8 Å². The molecule has 4 unspecified atom stereocenters. The lowest BCUT2D eigenvalue weighted by atomic mass is 9.94. The number of β-amino-alcohol motifs (C(OH)–C–C–N with tert-alkyl or cyclic N) is 1. The molecule has 2 rings (SSSR count). The van der Waals surface area contributed by atoms with Crippen molar-refractivity contribution in [3.05, 3.63) is 0 Å². The van der Waals surface area contributed by atoms with Crippen molar-refractivity contribution < 1.29 is 24.6 Å². The number of carbonyl (C=O) groups excluding carboxylic acids is 2. The summed E-state index contributed by atoms with van der Waals surface area (Å²) in [5, 5.41) is 18.7. The molecule has 0 radical (unpaired) electrons. The van der Waals surface area contributed by atoms with Gasteiger partial charge < -0.3 is 20.8 Å². The van der Waals surface area contributed by atoms with Crippen molar-refractivity contribution >= 4 is 17.8 Å². The third kappa shape index (κ3) is 2.56. The molecule has 2 fully saturated rings. The average molecular weight is 270 g/mol. The van der Waals surface area contributed by atoms with Crippen LogP contribution in [-0.2, 0) is 14.4 Å². The molecule has 2 amide bonds. The van der Waals surface area contributed by atoms with Gasteiger partial charge in [0.05, 0.1) is 17.9 Å². The highest BCUT2D eigenvalue weighted by atomic mass is 16.4. The summed E-state index contributed by atoms with van der Waals surface area (Å²) in [4.78, 5) is 36.0. The van der Waals surface area contributed by atoms with Gasteiger partial charge in [0.15, 0.2) is 0 Å². The third-order valence-corrected chi connectivity index (χ3v) is 4.04. The van der Waals surface area contributed by atoms with Crippen LogP contribution in [0.2, 0.25) is 0 Å². The van der Waals surface area contributed by atoms with E-state index in [1.165, 1.54) is 4.90 Å². The number of nitrogens with zero attached hydrogens (tertiary/aromatic N) is 1. The molecule has 0 bridgehead atoms. The van der Waals surface area contributed by atoms with E-state index in [9.17, 15) is 19.5 Å². The first-order valence-electron chi connectivity index (χ1n) is 6.42. The van der Waals surface area contributed by atoms with Crippen LogP contribution >= 0.6 is 0 Å². The maximum Gasteiger partial charge on any atom is 0.307 e. The van der Waals surface area contributed by atoms with Gasteiger partial charge in [0, 0.05) is 13.0 Å². The van der Waals surface area contributed by atoms with E-state index in [1.807, 2.05) is 0 Å². The van der Waals surface area contributed by atoms with Gasteiger partial charge in [-0.25, -0.2) is 0 Å². The number of likely N-dealkylation sites (tertiary alicyclic amines) is 1. The lowest BCUT2D eigenvalue weighted by Gasteiger charge is -2.26. The molecular formula is C12H18N2O5. The molecule has 0 aromatic rings. The van der Waals surface area contributed by atoms with Crippen molar-refractivity contribution in [3.63, 3.8) is 0 Å². The van der Waals surface area contributed by atoms with Gasteiger partial charge >= 0.3 is 5.97 Å². The molecule has 0 aromatic carbocycles. The number of nitrogens with two attached hydrogens (primary N) is 1. The molecular weight excluding hydrogens is 252 g/mol. The largest absolute Gasteiger partial charge is 0.481 e. The number of hydrogen-bond acceptors (Lipinski definition) is 4. The number of aliphatic hydroxyl groups excluding tert-OH is 1. The summed E-state index contributed by atoms with van der Waals surface area (Å²) in [5.41, 5.74) is 5.22. The Labute approximate surface area is 110 Å². The van der Waals surface area contributed by atoms with Crippen LogP contribution in [0, 0.1) is 11.8 Å². The molecule has 2 aliphatic rings. The van der Waals surface area contributed by atoms with Crippen molar-refractivity contribution in [1.82, 2.24) is 4.90 Å². The van der Waals surface area contributed by atoms with Crippen molar-refractivity contribution in [2.75, 3.05) is 6.54 Å². The molecule has 1 aliphatic heterocycles. The maximum atomic E-state index is 12.4. The number of carboxylic acid groups (broad SMARTS) is 1. The lowest BCUT2D eigenvalue weighted by molar-refractivity contribution is -0.150. The standard InChI is InChI=1S/C12H18N2O5/c13-10(16)9-4-6(15)5-14(9)11(17)7-2-1-3-8(7)12(18)19/h6-9,15H,1-5H2,(H2,13,16)(H,18,19). The summed E-state index contributed by atoms with van der Waals surface area (Å²) >= 11 is 0. The third-order valence-electron chi connectivity index (χ3n) is 4.04. The normalized spacial score (nSPS) is 34.5. The second-order valence-electron chi connectivity index (χ2n) is 5.28. The lowest BCUT2D eigenvalue weighted by Crippen LogP contribution is -2.47. The fourth-order valence-electron chi connectivity index (χ4n) is 3.09. The molecule has 1 heterocycles. The Kier molecular flexibility index (Phi) is 3.75. The molecule has 7 heteroatoms. The number of amides is 2. The van der Waals surface area contributed by atoms with Crippen LogP contribution in [0.15, 0.2) is 0 Å². The molecule has 1 aliphatic carbocycles. The Morgan fingerprint density at radius 3 is 2.37 bits per heavy atom. The van der Waals surface area contributed by atoms with Crippen LogP contribution in [0.25, 0.3) is 0 Å². The van der Waals surface area contributed by atoms with Gasteiger partial charge in [0.1, 0.15) is 6.04 Å². The molecule has 19 heavy (non-hydrogen) atoms. The Balaban J connectivity index is 2.14. The number of carboxylic acids is 1. The smallest absolute Gasteiger partial charge is 0.307 e. The summed E-state index contributed by atoms with van der Waals surface area (Å²) < 4.78 is 0. The highest BCUT2D eigenvalue weighted by Crippen LogP contribution is 2.35. The quantitative estimate of drug-likeness (QED) is 0.603. The van der Waals surface area contributed by atoms with Crippen molar-refractivity contribution in [2.45, 2.75) is 37.8 Å². The Morgan fingerprint density at radius 2 is 1.79 bits per heavy atom. The van der Waals surface area contributed by atoms with Gasteiger partial charge in [0.25, 0.3) is 0 Å². The molecule has 0 spiro atoms. The zero-order valence-electron chi connectivity index (χ0n) is 10.5. The van der Waals surface area contributed by atoms with Gasteiger partial charge in [-0.15, -0.1) is 0 Å². The number of primary amides is 1. The number of carbonyl (C=O) groups is 3. The van der Waals surface area contributed by atoms with E-state index >= 15 is 0 Å². The Morgan fingerprint density at radius 1 is 1.16 bits per heavy atom. The molecule has 7 nitrogen and oxygen atoms in total. The number of rotatable bonds is 3. The minimum absolute atomic E-state index is 0.0509.